The van der Waals surface area contributed by atoms with Crippen molar-refractivity contribution >= 4 is 26.8 Å². The van der Waals surface area contributed by atoms with Crippen LogP contribution in [-0.4, -0.2) is 9.13 Å². The average Bonchev–Trinajstić information content (AvgIpc) is 2.46. The summed E-state index contributed by atoms with van der Waals surface area (Å²) in [4.78, 5) is 11.9. The van der Waals surface area contributed by atoms with Crippen LogP contribution in [0.2, 0.25) is 0 Å². The van der Waals surface area contributed by atoms with E-state index in [0.29, 0.717) is 6.54 Å². The molecule has 0 N–H and O–H groups in total. The number of rotatable bonds is 1. The van der Waals surface area contributed by atoms with Gasteiger partial charge in [-0.25, -0.2) is 0 Å². The van der Waals surface area contributed by atoms with Crippen LogP contribution in [0.4, 0.5) is 0 Å². The van der Waals surface area contributed by atoms with E-state index in [1.165, 1.54) is 0 Å². The van der Waals surface area contributed by atoms with Crippen molar-refractivity contribution in [2.75, 3.05) is 0 Å². The van der Waals surface area contributed by atoms with Gasteiger partial charge in [-0.1, -0.05) is 0 Å². The van der Waals surface area contributed by atoms with E-state index in [9.17, 15) is 4.79 Å². The third kappa shape index (κ3) is 1.21. The Morgan fingerprint density at radius 3 is 2.86 bits per heavy atom. The number of hydrogen-bond acceptors (Lipinski definition) is 1. The Balaban J connectivity index is 2.91. The fourth-order valence-corrected chi connectivity index (χ4v) is 2.01. The zero-order chi connectivity index (χ0) is 10.3. The van der Waals surface area contributed by atoms with Gasteiger partial charge in [-0.2, -0.15) is 0 Å². The second kappa shape index (κ2) is 3.28. The van der Waals surface area contributed by atoms with E-state index in [0.717, 1.165) is 15.5 Å². The zero-order valence-electron chi connectivity index (χ0n) is 8.12. The Labute approximate surface area is 90.1 Å². The molecule has 4 heteroatoms. The summed E-state index contributed by atoms with van der Waals surface area (Å²) in [7, 11) is 1.93. The predicted molar refractivity (Wildman–Crippen MR) is 60.6 cm³/mol. The van der Waals surface area contributed by atoms with Crippen LogP contribution in [0.25, 0.3) is 10.9 Å². The number of nitrogens with zero attached hydrogens (tertiary/aromatic N) is 2. The maximum Gasteiger partial charge on any atom is 0.260 e. The van der Waals surface area contributed by atoms with Crippen LogP contribution in [-0.2, 0) is 13.6 Å². The van der Waals surface area contributed by atoms with Crippen molar-refractivity contribution in [2.45, 2.75) is 13.5 Å². The van der Waals surface area contributed by atoms with Gasteiger partial charge in [0.1, 0.15) is 0 Å². The topological polar surface area (TPSA) is 26.9 Å². The molecule has 0 amide bonds. The Morgan fingerprint density at radius 2 is 2.21 bits per heavy atom. The summed E-state index contributed by atoms with van der Waals surface area (Å²) in [5.74, 6) is 0. The lowest BCUT2D eigenvalue weighted by atomic mass is 10.3. The number of pyridine rings is 1. The van der Waals surface area contributed by atoms with E-state index in [2.05, 4.69) is 15.9 Å². The standard InChI is InChI=1S/C10H11BrN2O/c1-3-13-5-4-8-7(10(13)14)6-9(11)12(8)2/h4-6H,3H2,1-2H3. The van der Waals surface area contributed by atoms with Gasteiger partial charge in [0.2, 0.25) is 0 Å². The van der Waals surface area contributed by atoms with E-state index in [4.69, 9.17) is 0 Å². The smallest absolute Gasteiger partial charge is 0.260 e. The zero-order valence-corrected chi connectivity index (χ0v) is 9.71. The molecule has 2 rings (SSSR count). The maximum absolute atomic E-state index is 11.9. The van der Waals surface area contributed by atoms with Gasteiger partial charge in [0.15, 0.2) is 0 Å². The van der Waals surface area contributed by atoms with Crippen LogP contribution >= 0.6 is 15.9 Å². The van der Waals surface area contributed by atoms with Crippen LogP contribution in [0.5, 0.6) is 0 Å². The van der Waals surface area contributed by atoms with Crippen LogP contribution in [0.3, 0.4) is 0 Å². The van der Waals surface area contributed by atoms with Gasteiger partial charge in [-0.05, 0) is 35.0 Å². The summed E-state index contributed by atoms with van der Waals surface area (Å²) >= 11 is 3.40. The van der Waals surface area contributed by atoms with E-state index < -0.39 is 0 Å². The van der Waals surface area contributed by atoms with Gasteiger partial charge in [0, 0.05) is 19.8 Å². The highest BCUT2D eigenvalue weighted by Gasteiger charge is 2.07. The minimum Gasteiger partial charge on any atom is -0.338 e. The molecule has 74 valence electrons. The first kappa shape index (κ1) is 9.52. The van der Waals surface area contributed by atoms with Crippen LogP contribution < -0.4 is 5.56 Å². The molecule has 0 unspecified atom stereocenters. The molecule has 0 atom stereocenters. The van der Waals surface area contributed by atoms with Gasteiger partial charge in [-0.15, -0.1) is 0 Å². The molecule has 2 aromatic rings. The van der Waals surface area contributed by atoms with Gasteiger partial charge in [0.05, 0.1) is 15.5 Å². The highest BCUT2D eigenvalue weighted by Crippen LogP contribution is 2.19. The molecule has 0 radical (unpaired) electrons. The first-order valence-corrected chi connectivity index (χ1v) is 5.29. The first-order valence-electron chi connectivity index (χ1n) is 4.49. The van der Waals surface area contributed by atoms with Crippen LogP contribution in [0, 0.1) is 0 Å². The molecule has 0 fully saturated rings. The minimum atomic E-state index is 0.0753. The molecule has 0 aliphatic rings. The molecule has 2 heterocycles. The monoisotopic (exact) mass is 254 g/mol. The second-order valence-electron chi connectivity index (χ2n) is 3.23. The van der Waals surface area contributed by atoms with Crippen molar-refractivity contribution < 1.29 is 0 Å². The number of aromatic nitrogens is 2. The van der Waals surface area contributed by atoms with Crippen molar-refractivity contribution in [1.29, 1.82) is 0 Å². The van der Waals surface area contributed by atoms with Crippen LogP contribution in [0.15, 0.2) is 27.7 Å². The molecule has 0 saturated heterocycles. The van der Waals surface area contributed by atoms with E-state index in [1.54, 1.807) is 4.57 Å². The summed E-state index contributed by atoms with van der Waals surface area (Å²) in [6, 6.07) is 3.83. The molecule has 0 aliphatic heterocycles. The van der Waals surface area contributed by atoms with Crippen molar-refractivity contribution in [3.8, 4) is 0 Å². The van der Waals surface area contributed by atoms with E-state index in [1.807, 2.05) is 36.9 Å². The summed E-state index contributed by atoms with van der Waals surface area (Å²) in [5.41, 5.74) is 1.04. The fraction of sp³-hybridized carbons (Fsp3) is 0.300. The number of hydrogen-bond donors (Lipinski definition) is 0. The van der Waals surface area contributed by atoms with Gasteiger partial charge < -0.3 is 9.13 Å². The SMILES string of the molecule is CCn1ccc2c(cc(Br)n2C)c1=O. The van der Waals surface area contributed by atoms with Crippen molar-refractivity contribution in [1.82, 2.24) is 9.13 Å². The van der Waals surface area contributed by atoms with Crippen molar-refractivity contribution in [3.63, 3.8) is 0 Å². The quantitative estimate of drug-likeness (QED) is 0.766. The Kier molecular flexibility index (Phi) is 2.23. The van der Waals surface area contributed by atoms with Gasteiger partial charge in [-0.3, -0.25) is 4.79 Å². The molecule has 3 nitrogen and oxygen atoms in total. The molecular formula is C10H11BrN2O. The van der Waals surface area contributed by atoms with E-state index >= 15 is 0 Å². The Hall–Kier alpha value is -1.03. The van der Waals surface area contributed by atoms with Crippen molar-refractivity contribution in [2.24, 2.45) is 7.05 Å². The van der Waals surface area contributed by atoms with E-state index in [-0.39, 0.29) is 5.56 Å². The summed E-state index contributed by atoms with van der Waals surface area (Å²) in [6.07, 6.45) is 1.83. The molecule has 2 aromatic heterocycles. The second-order valence-corrected chi connectivity index (χ2v) is 4.04. The summed E-state index contributed by atoms with van der Waals surface area (Å²) < 4.78 is 4.59. The van der Waals surface area contributed by atoms with Gasteiger partial charge >= 0.3 is 0 Å². The third-order valence-electron chi connectivity index (χ3n) is 2.47. The number of aryl methyl sites for hydroxylation is 2. The minimum absolute atomic E-state index is 0.0753. The van der Waals surface area contributed by atoms with Gasteiger partial charge in [0.25, 0.3) is 5.56 Å². The normalized spacial score (nSPS) is 11.1. The average molecular weight is 255 g/mol. The van der Waals surface area contributed by atoms with Crippen molar-refractivity contribution in [3.05, 3.63) is 33.3 Å². The summed E-state index contributed by atoms with van der Waals surface area (Å²) in [6.45, 7) is 2.67. The Bertz CT molecular complexity index is 539. The molecule has 0 bridgehead atoms. The first-order chi connectivity index (χ1) is 6.65. The lowest BCUT2D eigenvalue weighted by molar-refractivity contribution is 0.734. The van der Waals surface area contributed by atoms with Crippen LogP contribution in [0.1, 0.15) is 6.92 Å². The summed E-state index contributed by atoms with van der Waals surface area (Å²) in [5, 5.41) is 0.767. The molecule has 0 aliphatic carbocycles. The lowest BCUT2D eigenvalue weighted by Gasteiger charge is -2.01. The molecule has 0 saturated carbocycles. The molecular weight excluding hydrogens is 244 g/mol. The molecule has 0 aromatic carbocycles. The highest BCUT2D eigenvalue weighted by molar-refractivity contribution is 9.10. The molecule has 14 heavy (non-hydrogen) atoms. The largest absolute Gasteiger partial charge is 0.338 e. The molecule has 0 spiro atoms. The highest BCUT2D eigenvalue weighted by atomic mass is 79.9. The predicted octanol–water partition coefficient (Wildman–Crippen LogP) is 2.12. The fourth-order valence-electron chi connectivity index (χ4n) is 1.59. The number of fused-ring (bicyclic) bond motifs is 1. The Morgan fingerprint density at radius 1 is 1.50 bits per heavy atom. The lowest BCUT2D eigenvalue weighted by Crippen LogP contribution is -2.17. The third-order valence-corrected chi connectivity index (χ3v) is 3.23. The number of halogens is 1. The maximum atomic E-state index is 11.9.